The van der Waals surface area contributed by atoms with E-state index < -0.39 is 0 Å². The lowest BCUT2D eigenvalue weighted by Crippen LogP contribution is -2.14. The summed E-state index contributed by atoms with van der Waals surface area (Å²) in [4.78, 5) is 23.5. The molecule has 1 aliphatic rings. The second kappa shape index (κ2) is 11.5. The van der Waals surface area contributed by atoms with E-state index in [2.05, 4.69) is 66.8 Å². The second-order valence-electron chi connectivity index (χ2n) is 7.77. The minimum atomic E-state index is -0.197. The molecule has 2 rings (SSSR count). The largest absolute Gasteiger partial charge is 0.469 e. The van der Waals surface area contributed by atoms with Crippen LogP contribution in [0.5, 0.6) is 0 Å². The van der Waals surface area contributed by atoms with E-state index in [1.165, 1.54) is 18.2 Å². The van der Waals surface area contributed by atoms with Crippen molar-refractivity contribution in [3.05, 3.63) is 47.5 Å². The van der Waals surface area contributed by atoms with Gasteiger partial charge in [0.05, 0.1) is 7.11 Å². The van der Waals surface area contributed by atoms with Crippen LogP contribution in [0.1, 0.15) is 56.6 Å². The van der Waals surface area contributed by atoms with Gasteiger partial charge in [0.2, 0.25) is 0 Å². The Labute approximate surface area is 169 Å². The maximum absolute atomic E-state index is 12.4. The number of hydrogen-bond acceptors (Lipinski definition) is 3. The molecule has 0 saturated heterocycles. The first-order chi connectivity index (χ1) is 13.5. The molecule has 0 amide bonds. The number of ether oxygens (including phenoxy) is 1. The van der Waals surface area contributed by atoms with Gasteiger partial charge in [-0.2, -0.15) is 0 Å². The van der Waals surface area contributed by atoms with Crippen LogP contribution in [0.15, 0.2) is 36.4 Å². The summed E-state index contributed by atoms with van der Waals surface area (Å²) >= 11 is 0. The molecule has 1 aromatic rings. The molecule has 0 aliphatic heterocycles. The average Bonchev–Trinajstić information content (AvgIpc) is 2.94. The lowest BCUT2D eigenvalue weighted by Gasteiger charge is -2.16. The first-order valence-corrected chi connectivity index (χ1v) is 10.3. The van der Waals surface area contributed by atoms with E-state index in [4.69, 9.17) is 0 Å². The molecule has 3 heteroatoms. The quantitative estimate of drug-likeness (QED) is 0.274. The topological polar surface area (TPSA) is 43.4 Å². The van der Waals surface area contributed by atoms with Gasteiger partial charge in [-0.3, -0.25) is 9.59 Å². The van der Waals surface area contributed by atoms with Gasteiger partial charge in [0, 0.05) is 31.6 Å². The van der Waals surface area contributed by atoms with Crippen LogP contribution in [0.25, 0.3) is 0 Å². The molecular weight excluding hydrogens is 348 g/mol. The van der Waals surface area contributed by atoms with Crippen LogP contribution in [-0.2, 0) is 20.7 Å². The maximum Gasteiger partial charge on any atom is 0.305 e. The Morgan fingerprint density at radius 3 is 2.89 bits per heavy atom. The summed E-state index contributed by atoms with van der Waals surface area (Å²) in [6, 6.07) is 8.62. The summed E-state index contributed by atoms with van der Waals surface area (Å²) in [5.41, 5.74) is 2.65. The maximum atomic E-state index is 12.4. The minimum Gasteiger partial charge on any atom is -0.469 e. The standard InChI is InChI=1S/C25H32O3/c1-19-11-10-13-21(17-19)12-8-9-14-22-20(2)18-24(26)23(22)15-6-4-5-7-16-25(27)28-3/h9-11,13-14,17,20,22-23H,5,7-8,12,15-16,18H2,1-3H3/b14-9+/t20-,22?,23-/m1/s1. The lowest BCUT2D eigenvalue weighted by molar-refractivity contribution is -0.140. The average molecular weight is 381 g/mol. The zero-order valence-corrected chi connectivity index (χ0v) is 17.4. The van der Waals surface area contributed by atoms with E-state index in [1.807, 2.05) is 0 Å². The van der Waals surface area contributed by atoms with Gasteiger partial charge in [0.25, 0.3) is 0 Å². The number of methoxy groups -OCH3 is 1. The first-order valence-electron chi connectivity index (χ1n) is 10.3. The van der Waals surface area contributed by atoms with Crippen LogP contribution in [0.4, 0.5) is 0 Å². The summed E-state index contributed by atoms with van der Waals surface area (Å²) in [5.74, 6) is 7.10. The van der Waals surface area contributed by atoms with Crippen LogP contribution < -0.4 is 0 Å². The van der Waals surface area contributed by atoms with Crippen molar-refractivity contribution >= 4 is 11.8 Å². The molecule has 28 heavy (non-hydrogen) atoms. The van der Waals surface area contributed by atoms with Crippen molar-refractivity contribution in [1.82, 2.24) is 0 Å². The number of allylic oxidation sites excluding steroid dienone is 2. The fraction of sp³-hybridized carbons (Fsp3) is 0.520. The van der Waals surface area contributed by atoms with E-state index in [9.17, 15) is 9.59 Å². The molecule has 1 saturated carbocycles. The number of aryl methyl sites for hydroxylation is 2. The van der Waals surface area contributed by atoms with Crippen molar-refractivity contribution in [2.24, 2.45) is 17.8 Å². The highest BCUT2D eigenvalue weighted by Crippen LogP contribution is 2.37. The Morgan fingerprint density at radius 2 is 2.14 bits per heavy atom. The highest BCUT2D eigenvalue weighted by atomic mass is 16.5. The zero-order valence-electron chi connectivity index (χ0n) is 17.4. The van der Waals surface area contributed by atoms with Gasteiger partial charge in [-0.15, -0.1) is 11.8 Å². The van der Waals surface area contributed by atoms with E-state index in [0.717, 1.165) is 12.8 Å². The van der Waals surface area contributed by atoms with E-state index in [-0.39, 0.29) is 17.8 Å². The van der Waals surface area contributed by atoms with E-state index in [1.54, 1.807) is 0 Å². The van der Waals surface area contributed by atoms with Crippen LogP contribution >= 0.6 is 0 Å². The molecular formula is C25H32O3. The number of hydrogen-bond donors (Lipinski definition) is 0. The Hall–Kier alpha value is -2.34. The molecule has 1 aliphatic carbocycles. The number of esters is 1. The molecule has 3 atom stereocenters. The van der Waals surface area contributed by atoms with Gasteiger partial charge < -0.3 is 4.74 Å². The number of rotatable bonds is 8. The van der Waals surface area contributed by atoms with Crippen molar-refractivity contribution in [2.45, 2.75) is 58.8 Å². The molecule has 1 fully saturated rings. The number of unbranched alkanes of at least 4 members (excludes halogenated alkanes) is 1. The van der Waals surface area contributed by atoms with Gasteiger partial charge in [-0.1, -0.05) is 48.9 Å². The van der Waals surface area contributed by atoms with Crippen molar-refractivity contribution < 1.29 is 14.3 Å². The third kappa shape index (κ3) is 7.00. The van der Waals surface area contributed by atoms with E-state index in [0.29, 0.717) is 43.8 Å². The zero-order chi connectivity index (χ0) is 20.4. The Balaban J connectivity index is 1.82. The molecule has 0 N–H and O–H groups in total. The van der Waals surface area contributed by atoms with Crippen molar-refractivity contribution in [2.75, 3.05) is 7.11 Å². The number of carbonyl (C=O) groups is 2. The molecule has 3 nitrogen and oxygen atoms in total. The molecule has 1 aromatic carbocycles. The third-order valence-electron chi connectivity index (χ3n) is 5.46. The van der Waals surface area contributed by atoms with Crippen molar-refractivity contribution in [3.63, 3.8) is 0 Å². The van der Waals surface area contributed by atoms with Gasteiger partial charge in [-0.05, 0) is 43.6 Å². The Kier molecular flexibility index (Phi) is 9.01. The van der Waals surface area contributed by atoms with Gasteiger partial charge in [0.1, 0.15) is 5.78 Å². The summed E-state index contributed by atoms with van der Waals surface area (Å²) in [6.45, 7) is 4.28. The van der Waals surface area contributed by atoms with Crippen LogP contribution in [0, 0.1) is 36.5 Å². The minimum absolute atomic E-state index is 0.0123. The summed E-state index contributed by atoms with van der Waals surface area (Å²) < 4.78 is 4.62. The Bertz CT molecular complexity index is 751. The number of carbonyl (C=O) groups excluding carboxylic acids is 2. The first kappa shape index (κ1) is 22.0. The summed E-state index contributed by atoms with van der Waals surface area (Å²) in [6.07, 6.45) is 9.55. The summed E-state index contributed by atoms with van der Waals surface area (Å²) in [5, 5.41) is 0. The fourth-order valence-corrected chi connectivity index (χ4v) is 3.85. The molecule has 0 spiro atoms. The Morgan fingerprint density at radius 1 is 1.32 bits per heavy atom. The number of Topliss-reactive ketones (excluding diaryl/α,β-unsaturated/α-hetero) is 1. The smallest absolute Gasteiger partial charge is 0.305 e. The van der Waals surface area contributed by atoms with Crippen LogP contribution in [0.2, 0.25) is 0 Å². The molecule has 1 unspecified atom stereocenters. The molecule has 150 valence electrons. The van der Waals surface area contributed by atoms with Crippen LogP contribution in [-0.4, -0.2) is 18.9 Å². The SMILES string of the molecule is COC(=O)CCCC#CC[C@H]1C(=O)C[C@@H](C)C1/C=C/CCc1cccc(C)c1. The fourth-order valence-electron chi connectivity index (χ4n) is 3.85. The van der Waals surface area contributed by atoms with Crippen molar-refractivity contribution in [1.29, 1.82) is 0 Å². The molecule has 0 radical (unpaired) electrons. The van der Waals surface area contributed by atoms with Gasteiger partial charge in [0.15, 0.2) is 0 Å². The summed E-state index contributed by atoms with van der Waals surface area (Å²) in [7, 11) is 1.40. The number of ketones is 1. The van der Waals surface area contributed by atoms with Crippen LogP contribution in [0.3, 0.4) is 0 Å². The molecule has 0 aromatic heterocycles. The highest BCUT2D eigenvalue weighted by Gasteiger charge is 2.37. The highest BCUT2D eigenvalue weighted by molar-refractivity contribution is 5.84. The normalized spacial score (nSPS) is 21.5. The third-order valence-corrected chi connectivity index (χ3v) is 5.46. The van der Waals surface area contributed by atoms with Gasteiger partial charge >= 0.3 is 5.97 Å². The molecule has 0 heterocycles. The lowest BCUT2D eigenvalue weighted by atomic mass is 9.87. The monoisotopic (exact) mass is 380 g/mol. The molecule has 0 bridgehead atoms. The number of benzene rings is 1. The van der Waals surface area contributed by atoms with E-state index >= 15 is 0 Å². The predicted octanol–water partition coefficient (Wildman–Crippen LogP) is 5.06. The second-order valence-corrected chi connectivity index (χ2v) is 7.77. The predicted molar refractivity (Wildman–Crippen MR) is 113 cm³/mol. The van der Waals surface area contributed by atoms with Gasteiger partial charge in [-0.25, -0.2) is 0 Å². The van der Waals surface area contributed by atoms with Crippen molar-refractivity contribution in [3.8, 4) is 11.8 Å².